The van der Waals surface area contributed by atoms with Crippen molar-refractivity contribution in [3.05, 3.63) is 60.7 Å². The minimum atomic E-state index is 0.720. The summed E-state index contributed by atoms with van der Waals surface area (Å²) < 4.78 is 5.40. The van der Waals surface area contributed by atoms with Crippen LogP contribution in [0.4, 0.5) is 5.69 Å². The van der Waals surface area contributed by atoms with Crippen molar-refractivity contribution in [3.63, 3.8) is 0 Å². The molecule has 0 aliphatic rings. The standard InChI is InChI=1S/C16H15N3O/c1-20-16-7-6-12(14-4-2-3-5-15(14)16)8-19-13-9-17-11-18-10-13/h2-7,9-11,19H,8H2,1H3. The fourth-order valence-electron chi connectivity index (χ4n) is 2.25. The molecule has 0 saturated carbocycles. The third kappa shape index (κ3) is 2.40. The Hall–Kier alpha value is -2.62. The van der Waals surface area contributed by atoms with E-state index in [2.05, 4.69) is 33.5 Å². The summed E-state index contributed by atoms with van der Waals surface area (Å²) in [6, 6.07) is 12.3. The molecule has 0 unspecified atom stereocenters. The number of rotatable bonds is 4. The second-order valence-corrected chi connectivity index (χ2v) is 4.45. The van der Waals surface area contributed by atoms with Gasteiger partial charge < -0.3 is 10.1 Å². The summed E-state index contributed by atoms with van der Waals surface area (Å²) in [5, 5.41) is 5.64. The van der Waals surface area contributed by atoms with E-state index in [9.17, 15) is 0 Å². The highest BCUT2D eigenvalue weighted by molar-refractivity contribution is 5.91. The van der Waals surface area contributed by atoms with Gasteiger partial charge in [-0.2, -0.15) is 0 Å². The van der Waals surface area contributed by atoms with Crippen LogP contribution in [0.25, 0.3) is 10.8 Å². The number of hydrogen-bond acceptors (Lipinski definition) is 4. The third-order valence-electron chi connectivity index (χ3n) is 3.24. The lowest BCUT2D eigenvalue weighted by atomic mass is 10.0. The van der Waals surface area contributed by atoms with E-state index in [4.69, 9.17) is 4.74 Å². The van der Waals surface area contributed by atoms with Gasteiger partial charge in [0.1, 0.15) is 12.1 Å². The van der Waals surface area contributed by atoms with Gasteiger partial charge in [0.25, 0.3) is 0 Å². The van der Waals surface area contributed by atoms with Crippen LogP contribution < -0.4 is 10.1 Å². The van der Waals surface area contributed by atoms with Crippen molar-refractivity contribution in [2.75, 3.05) is 12.4 Å². The Morgan fingerprint density at radius 3 is 2.50 bits per heavy atom. The van der Waals surface area contributed by atoms with Crippen LogP contribution in [0.1, 0.15) is 5.56 Å². The van der Waals surface area contributed by atoms with E-state index >= 15 is 0 Å². The van der Waals surface area contributed by atoms with E-state index < -0.39 is 0 Å². The topological polar surface area (TPSA) is 47.0 Å². The highest BCUT2D eigenvalue weighted by atomic mass is 16.5. The summed E-state index contributed by atoms with van der Waals surface area (Å²) in [5.41, 5.74) is 2.12. The molecule has 100 valence electrons. The van der Waals surface area contributed by atoms with Crippen LogP contribution in [0.3, 0.4) is 0 Å². The zero-order valence-electron chi connectivity index (χ0n) is 11.2. The lowest BCUT2D eigenvalue weighted by Gasteiger charge is -2.11. The zero-order chi connectivity index (χ0) is 13.8. The Kier molecular flexibility index (Phi) is 3.46. The molecule has 20 heavy (non-hydrogen) atoms. The lowest BCUT2D eigenvalue weighted by molar-refractivity contribution is 0.419. The summed E-state index contributed by atoms with van der Waals surface area (Å²) in [4.78, 5) is 7.99. The molecule has 1 heterocycles. The smallest absolute Gasteiger partial charge is 0.126 e. The summed E-state index contributed by atoms with van der Waals surface area (Å²) in [6.45, 7) is 0.720. The number of hydrogen-bond donors (Lipinski definition) is 1. The highest BCUT2D eigenvalue weighted by Gasteiger charge is 2.05. The molecule has 0 fully saturated rings. The molecule has 0 aliphatic carbocycles. The predicted molar refractivity (Wildman–Crippen MR) is 79.9 cm³/mol. The maximum Gasteiger partial charge on any atom is 0.126 e. The summed E-state index contributed by atoms with van der Waals surface area (Å²) in [6.07, 6.45) is 5.05. The minimum Gasteiger partial charge on any atom is -0.496 e. The molecule has 2 aromatic carbocycles. The second kappa shape index (κ2) is 5.57. The van der Waals surface area contributed by atoms with Gasteiger partial charge in [-0.3, -0.25) is 0 Å². The number of benzene rings is 2. The molecule has 1 aromatic heterocycles. The van der Waals surface area contributed by atoms with Crippen LogP contribution >= 0.6 is 0 Å². The van der Waals surface area contributed by atoms with Crippen molar-refractivity contribution in [2.45, 2.75) is 6.54 Å². The van der Waals surface area contributed by atoms with Crippen LogP contribution in [0.15, 0.2) is 55.1 Å². The molecular formula is C16H15N3O. The molecule has 3 aromatic rings. The quantitative estimate of drug-likeness (QED) is 0.786. The van der Waals surface area contributed by atoms with E-state index in [1.54, 1.807) is 19.5 Å². The van der Waals surface area contributed by atoms with Crippen molar-refractivity contribution in [1.82, 2.24) is 9.97 Å². The summed E-state index contributed by atoms with van der Waals surface area (Å²) in [7, 11) is 1.70. The normalized spacial score (nSPS) is 10.4. The Balaban J connectivity index is 1.92. The number of nitrogens with zero attached hydrogens (tertiary/aromatic N) is 2. The fourth-order valence-corrected chi connectivity index (χ4v) is 2.25. The van der Waals surface area contributed by atoms with Gasteiger partial charge in [-0.05, 0) is 17.0 Å². The zero-order valence-corrected chi connectivity index (χ0v) is 11.2. The van der Waals surface area contributed by atoms with Crippen molar-refractivity contribution in [3.8, 4) is 5.75 Å². The van der Waals surface area contributed by atoms with Crippen LogP contribution in [0, 0.1) is 0 Å². The van der Waals surface area contributed by atoms with Gasteiger partial charge in [0.05, 0.1) is 25.2 Å². The lowest BCUT2D eigenvalue weighted by Crippen LogP contribution is -2.01. The molecule has 0 aliphatic heterocycles. The van der Waals surface area contributed by atoms with Crippen molar-refractivity contribution >= 4 is 16.5 Å². The molecule has 0 bridgehead atoms. The Morgan fingerprint density at radius 1 is 1.00 bits per heavy atom. The van der Waals surface area contributed by atoms with Gasteiger partial charge in [0.2, 0.25) is 0 Å². The van der Waals surface area contributed by atoms with E-state index in [1.165, 1.54) is 17.3 Å². The minimum absolute atomic E-state index is 0.720. The third-order valence-corrected chi connectivity index (χ3v) is 3.24. The van der Waals surface area contributed by atoms with E-state index in [1.807, 2.05) is 18.2 Å². The first-order chi connectivity index (χ1) is 9.88. The van der Waals surface area contributed by atoms with Crippen molar-refractivity contribution < 1.29 is 4.74 Å². The predicted octanol–water partition coefficient (Wildman–Crippen LogP) is 3.25. The van der Waals surface area contributed by atoms with Crippen LogP contribution in [-0.2, 0) is 6.54 Å². The molecule has 3 rings (SSSR count). The monoisotopic (exact) mass is 265 g/mol. The first-order valence-electron chi connectivity index (χ1n) is 6.42. The molecule has 0 radical (unpaired) electrons. The highest BCUT2D eigenvalue weighted by Crippen LogP contribution is 2.28. The fraction of sp³-hybridized carbons (Fsp3) is 0.125. The number of methoxy groups -OCH3 is 1. The van der Waals surface area contributed by atoms with Crippen LogP contribution in [0.2, 0.25) is 0 Å². The average molecular weight is 265 g/mol. The number of aromatic nitrogens is 2. The Morgan fingerprint density at radius 2 is 1.75 bits per heavy atom. The van der Waals surface area contributed by atoms with Gasteiger partial charge in [-0.1, -0.05) is 30.3 Å². The summed E-state index contributed by atoms with van der Waals surface area (Å²) >= 11 is 0. The maximum atomic E-state index is 5.40. The van der Waals surface area contributed by atoms with E-state index in [0.717, 1.165) is 23.4 Å². The molecular weight excluding hydrogens is 250 g/mol. The van der Waals surface area contributed by atoms with Gasteiger partial charge in [0, 0.05) is 11.9 Å². The van der Waals surface area contributed by atoms with Crippen molar-refractivity contribution in [2.24, 2.45) is 0 Å². The number of anilines is 1. The molecule has 0 atom stereocenters. The Bertz CT molecular complexity index is 713. The van der Waals surface area contributed by atoms with Crippen LogP contribution in [0.5, 0.6) is 5.75 Å². The average Bonchev–Trinajstić information content (AvgIpc) is 2.53. The van der Waals surface area contributed by atoms with Gasteiger partial charge >= 0.3 is 0 Å². The molecule has 4 nitrogen and oxygen atoms in total. The first kappa shape index (κ1) is 12.4. The SMILES string of the molecule is COc1ccc(CNc2cncnc2)c2ccccc12. The first-order valence-corrected chi connectivity index (χ1v) is 6.42. The summed E-state index contributed by atoms with van der Waals surface area (Å²) in [5.74, 6) is 0.896. The van der Waals surface area contributed by atoms with Crippen molar-refractivity contribution in [1.29, 1.82) is 0 Å². The molecule has 1 N–H and O–H groups in total. The number of ether oxygens (including phenoxy) is 1. The van der Waals surface area contributed by atoms with Gasteiger partial charge in [-0.25, -0.2) is 9.97 Å². The molecule has 4 heteroatoms. The number of nitrogens with one attached hydrogen (secondary N) is 1. The molecule has 0 spiro atoms. The Labute approximate surface area is 117 Å². The van der Waals surface area contributed by atoms with Gasteiger partial charge in [-0.15, -0.1) is 0 Å². The maximum absolute atomic E-state index is 5.40. The second-order valence-electron chi connectivity index (χ2n) is 4.45. The van der Waals surface area contributed by atoms with E-state index in [0.29, 0.717) is 0 Å². The van der Waals surface area contributed by atoms with E-state index in [-0.39, 0.29) is 0 Å². The molecule has 0 amide bonds. The largest absolute Gasteiger partial charge is 0.496 e. The van der Waals surface area contributed by atoms with Gasteiger partial charge in [0.15, 0.2) is 0 Å². The van der Waals surface area contributed by atoms with Crippen LogP contribution in [-0.4, -0.2) is 17.1 Å². The number of fused-ring (bicyclic) bond motifs is 1. The molecule has 0 saturated heterocycles.